The van der Waals surface area contributed by atoms with Crippen LogP contribution in [0.1, 0.15) is 17.5 Å². The lowest BCUT2D eigenvalue weighted by atomic mass is 10.2. The fourth-order valence-electron chi connectivity index (χ4n) is 2.69. The monoisotopic (exact) mass is 324 g/mol. The number of nitrogens with one attached hydrogen (secondary N) is 1. The number of amides is 2. The van der Waals surface area contributed by atoms with E-state index in [1.54, 1.807) is 0 Å². The minimum atomic E-state index is -0.106. The van der Waals surface area contributed by atoms with Crippen LogP contribution >= 0.6 is 11.3 Å². The number of carbonyl (C=O) groups excluding carboxylic acids is 2. The van der Waals surface area contributed by atoms with E-state index in [1.165, 1.54) is 18.3 Å². The van der Waals surface area contributed by atoms with Crippen molar-refractivity contribution in [2.24, 2.45) is 0 Å². The van der Waals surface area contributed by atoms with Crippen LogP contribution in [0.5, 0.6) is 0 Å². The number of aromatic nitrogens is 1. The van der Waals surface area contributed by atoms with E-state index in [4.69, 9.17) is 4.74 Å². The molecular formula is C14H20N4O3S. The van der Waals surface area contributed by atoms with Crippen LogP contribution in [0.2, 0.25) is 0 Å². The molecule has 120 valence electrons. The molecule has 0 atom stereocenters. The Labute approximate surface area is 133 Å². The van der Waals surface area contributed by atoms with Gasteiger partial charge in [0, 0.05) is 44.4 Å². The average molecular weight is 324 g/mol. The lowest BCUT2D eigenvalue weighted by Crippen LogP contribution is -2.46. The summed E-state index contributed by atoms with van der Waals surface area (Å²) in [5.74, 6) is 0.0591. The van der Waals surface area contributed by atoms with E-state index in [2.05, 4.69) is 15.2 Å². The van der Waals surface area contributed by atoms with E-state index in [1.807, 2.05) is 4.90 Å². The molecule has 2 aliphatic heterocycles. The van der Waals surface area contributed by atoms with Crippen LogP contribution in [-0.2, 0) is 27.3 Å². The number of carbonyl (C=O) groups is 2. The molecule has 0 saturated carbocycles. The van der Waals surface area contributed by atoms with E-state index in [9.17, 15) is 9.59 Å². The molecule has 0 spiro atoms. The number of hydrogen-bond donors (Lipinski definition) is 1. The molecule has 0 unspecified atom stereocenters. The summed E-state index contributed by atoms with van der Waals surface area (Å²) < 4.78 is 5.27. The summed E-state index contributed by atoms with van der Waals surface area (Å²) in [7, 11) is 0. The van der Waals surface area contributed by atoms with Gasteiger partial charge in [0.05, 0.1) is 25.5 Å². The molecule has 1 N–H and O–H groups in total. The topological polar surface area (TPSA) is 74.8 Å². The van der Waals surface area contributed by atoms with Crippen molar-refractivity contribution >= 4 is 28.3 Å². The molecule has 1 aromatic rings. The number of nitrogens with zero attached hydrogens (tertiary/aromatic N) is 3. The Bertz CT molecular complexity index is 568. The first kappa shape index (κ1) is 15.4. The molecule has 1 aromatic heterocycles. The van der Waals surface area contributed by atoms with Crippen molar-refractivity contribution in [3.63, 3.8) is 0 Å². The van der Waals surface area contributed by atoms with Crippen LogP contribution in [0, 0.1) is 0 Å². The molecule has 0 aromatic carbocycles. The van der Waals surface area contributed by atoms with Gasteiger partial charge in [-0.2, -0.15) is 0 Å². The van der Waals surface area contributed by atoms with Crippen molar-refractivity contribution in [2.45, 2.75) is 19.9 Å². The first-order chi connectivity index (χ1) is 10.6. The molecule has 0 bridgehead atoms. The van der Waals surface area contributed by atoms with Gasteiger partial charge in [-0.1, -0.05) is 0 Å². The van der Waals surface area contributed by atoms with Gasteiger partial charge in [0.2, 0.25) is 11.8 Å². The Morgan fingerprint density at radius 3 is 2.82 bits per heavy atom. The SMILES string of the molecule is CC(=O)Nc1nc2c(s1)CN(CC(=O)N1CCOCC1)CC2. The van der Waals surface area contributed by atoms with Gasteiger partial charge in [0.15, 0.2) is 5.13 Å². The summed E-state index contributed by atoms with van der Waals surface area (Å²) in [5.41, 5.74) is 1.05. The molecule has 0 aliphatic carbocycles. The highest BCUT2D eigenvalue weighted by molar-refractivity contribution is 7.15. The highest BCUT2D eigenvalue weighted by Gasteiger charge is 2.25. The number of morpholine rings is 1. The fourth-order valence-corrected chi connectivity index (χ4v) is 3.79. The number of fused-ring (bicyclic) bond motifs is 1. The Balaban J connectivity index is 1.58. The minimum absolute atomic E-state index is 0.106. The molecule has 3 rings (SSSR count). The molecular weight excluding hydrogens is 304 g/mol. The standard InChI is InChI=1S/C14H20N4O3S/c1-10(19)15-14-16-11-2-3-17(8-12(11)22-14)9-13(20)18-4-6-21-7-5-18/h2-9H2,1H3,(H,15,16,19). The molecule has 22 heavy (non-hydrogen) atoms. The largest absolute Gasteiger partial charge is 0.378 e. The van der Waals surface area contributed by atoms with Crippen LogP contribution in [0.15, 0.2) is 0 Å². The van der Waals surface area contributed by atoms with Gasteiger partial charge in [0.1, 0.15) is 0 Å². The van der Waals surface area contributed by atoms with Crippen molar-refractivity contribution in [3.8, 4) is 0 Å². The quantitative estimate of drug-likeness (QED) is 0.867. The summed E-state index contributed by atoms with van der Waals surface area (Å²) >= 11 is 1.50. The summed E-state index contributed by atoms with van der Waals surface area (Å²) in [6.07, 6.45) is 0.821. The van der Waals surface area contributed by atoms with E-state index in [0.29, 0.717) is 38.0 Å². The van der Waals surface area contributed by atoms with Crippen LogP contribution < -0.4 is 5.32 Å². The lowest BCUT2D eigenvalue weighted by molar-refractivity contribution is -0.136. The zero-order valence-electron chi connectivity index (χ0n) is 12.6. The van der Waals surface area contributed by atoms with Crippen molar-refractivity contribution in [1.82, 2.24) is 14.8 Å². The van der Waals surface area contributed by atoms with E-state index < -0.39 is 0 Å². The van der Waals surface area contributed by atoms with Crippen molar-refractivity contribution in [2.75, 3.05) is 44.7 Å². The molecule has 8 heteroatoms. The molecule has 7 nitrogen and oxygen atoms in total. The van der Waals surface area contributed by atoms with Gasteiger partial charge >= 0.3 is 0 Å². The molecule has 1 saturated heterocycles. The van der Waals surface area contributed by atoms with E-state index in [0.717, 1.165) is 30.1 Å². The summed E-state index contributed by atoms with van der Waals surface area (Å²) in [6.45, 7) is 6.10. The van der Waals surface area contributed by atoms with Crippen LogP contribution in [0.25, 0.3) is 0 Å². The second-order valence-corrected chi connectivity index (χ2v) is 6.61. The highest BCUT2D eigenvalue weighted by Crippen LogP contribution is 2.28. The normalized spacial score (nSPS) is 18.9. The predicted molar refractivity (Wildman–Crippen MR) is 82.8 cm³/mol. The molecule has 1 fully saturated rings. The first-order valence-corrected chi connectivity index (χ1v) is 8.27. The molecule has 2 amide bonds. The van der Waals surface area contributed by atoms with E-state index >= 15 is 0 Å². The maximum atomic E-state index is 12.3. The second kappa shape index (κ2) is 6.72. The van der Waals surface area contributed by atoms with Crippen LogP contribution in [-0.4, -0.2) is 66.0 Å². The van der Waals surface area contributed by atoms with Crippen molar-refractivity contribution in [1.29, 1.82) is 0 Å². The Kier molecular flexibility index (Phi) is 4.70. The van der Waals surface area contributed by atoms with Crippen molar-refractivity contribution < 1.29 is 14.3 Å². The third-order valence-electron chi connectivity index (χ3n) is 3.82. The Morgan fingerprint density at radius 2 is 2.09 bits per heavy atom. The number of hydrogen-bond acceptors (Lipinski definition) is 6. The fraction of sp³-hybridized carbons (Fsp3) is 0.643. The Hall–Kier alpha value is -1.51. The van der Waals surface area contributed by atoms with Gasteiger partial charge < -0.3 is 15.0 Å². The van der Waals surface area contributed by atoms with E-state index in [-0.39, 0.29) is 11.8 Å². The summed E-state index contributed by atoms with van der Waals surface area (Å²) in [6, 6.07) is 0. The van der Waals surface area contributed by atoms with Gasteiger partial charge in [-0.3, -0.25) is 14.5 Å². The van der Waals surface area contributed by atoms with Crippen LogP contribution in [0.3, 0.4) is 0 Å². The molecule has 0 radical (unpaired) electrons. The highest BCUT2D eigenvalue weighted by atomic mass is 32.1. The zero-order chi connectivity index (χ0) is 15.5. The molecule has 3 heterocycles. The van der Waals surface area contributed by atoms with Gasteiger partial charge in [-0.15, -0.1) is 11.3 Å². The first-order valence-electron chi connectivity index (χ1n) is 7.46. The van der Waals surface area contributed by atoms with Gasteiger partial charge in [0.25, 0.3) is 0 Å². The smallest absolute Gasteiger partial charge is 0.236 e. The number of anilines is 1. The molecule has 2 aliphatic rings. The predicted octanol–water partition coefficient (Wildman–Crippen LogP) is 0.318. The van der Waals surface area contributed by atoms with Gasteiger partial charge in [-0.25, -0.2) is 4.98 Å². The number of thiazole rings is 1. The minimum Gasteiger partial charge on any atom is -0.378 e. The maximum absolute atomic E-state index is 12.3. The Morgan fingerprint density at radius 1 is 1.32 bits per heavy atom. The zero-order valence-corrected chi connectivity index (χ0v) is 13.4. The third kappa shape index (κ3) is 3.63. The third-order valence-corrected chi connectivity index (χ3v) is 4.81. The summed E-state index contributed by atoms with van der Waals surface area (Å²) in [4.78, 5) is 33.0. The lowest BCUT2D eigenvalue weighted by Gasteiger charge is -2.31. The average Bonchev–Trinajstić information content (AvgIpc) is 2.88. The summed E-state index contributed by atoms with van der Waals surface area (Å²) in [5, 5.41) is 3.38. The van der Waals surface area contributed by atoms with Crippen LogP contribution in [0.4, 0.5) is 5.13 Å². The second-order valence-electron chi connectivity index (χ2n) is 5.52. The van der Waals surface area contributed by atoms with Crippen molar-refractivity contribution in [3.05, 3.63) is 10.6 Å². The van der Waals surface area contributed by atoms with Gasteiger partial charge in [-0.05, 0) is 0 Å². The maximum Gasteiger partial charge on any atom is 0.236 e. The number of ether oxygens (including phenoxy) is 1. The number of rotatable bonds is 3.